The molecule has 2 fully saturated rings. The van der Waals surface area contributed by atoms with Gasteiger partial charge in [0.15, 0.2) is 0 Å². The molecule has 0 unspecified atom stereocenters. The van der Waals surface area contributed by atoms with Gasteiger partial charge in [0.1, 0.15) is 6.04 Å². The number of carbonyl (C=O) groups is 2. The minimum atomic E-state index is -0.440. The molecule has 2 aliphatic rings. The van der Waals surface area contributed by atoms with Crippen LogP contribution in [0.1, 0.15) is 31.4 Å². The van der Waals surface area contributed by atoms with Gasteiger partial charge < -0.3 is 25.6 Å². The largest absolute Gasteiger partial charge is 0.378 e. The van der Waals surface area contributed by atoms with Crippen LogP contribution in [-0.4, -0.2) is 50.8 Å². The number of benzene rings is 1. The first kappa shape index (κ1) is 17.5. The zero-order valence-electron chi connectivity index (χ0n) is 14.6. The molecule has 0 bridgehead atoms. The molecular weight excluding hydrogens is 320 g/mol. The molecule has 0 saturated carbocycles. The molecule has 7 heteroatoms. The fraction of sp³-hybridized carbons (Fsp3) is 0.556. The summed E-state index contributed by atoms with van der Waals surface area (Å²) < 4.78 is 5.37. The maximum Gasteiger partial charge on any atom is 0.315 e. The fourth-order valence-electron chi connectivity index (χ4n) is 3.19. The van der Waals surface area contributed by atoms with Crippen molar-refractivity contribution in [1.29, 1.82) is 0 Å². The standard InChI is InChI=1S/C18H26N4O3/c1-13(20-18(24)21-16-3-2-8-19-17(16)23)14-4-6-15(7-5-14)22-9-11-25-12-10-22/h4-7,13,16H,2-3,8-12H2,1H3,(H,19,23)(H2,20,21,24)/t13-,16+/m0/s1. The van der Waals surface area contributed by atoms with E-state index in [2.05, 4.69) is 33.0 Å². The molecule has 2 atom stereocenters. The molecule has 2 saturated heterocycles. The highest BCUT2D eigenvalue weighted by Gasteiger charge is 2.24. The van der Waals surface area contributed by atoms with E-state index in [4.69, 9.17) is 4.74 Å². The van der Waals surface area contributed by atoms with Gasteiger partial charge in [0.05, 0.1) is 19.3 Å². The number of morpholine rings is 1. The first-order valence-corrected chi connectivity index (χ1v) is 8.91. The molecule has 3 amide bonds. The Morgan fingerprint density at radius 1 is 1.28 bits per heavy atom. The van der Waals surface area contributed by atoms with E-state index < -0.39 is 6.04 Å². The molecule has 1 aromatic rings. The fourth-order valence-corrected chi connectivity index (χ4v) is 3.19. The molecule has 7 nitrogen and oxygen atoms in total. The second-order valence-electron chi connectivity index (χ2n) is 6.52. The molecule has 3 rings (SSSR count). The van der Waals surface area contributed by atoms with Crippen LogP contribution in [0.5, 0.6) is 0 Å². The molecule has 2 aliphatic heterocycles. The van der Waals surface area contributed by atoms with Crippen molar-refractivity contribution in [1.82, 2.24) is 16.0 Å². The minimum absolute atomic E-state index is 0.107. The molecule has 0 radical (unpaired) electrons. The van der Waals surface area contributed by atoms with E-state index in [9.17, 15) is 9.59 Å². The van der Waals surface area contributed by atoms with Crippen LogP contribution in [0, 0.1) is 0 Å². The van der Waals surface area contributed by atoms with E-state index in [0.717, 1.165) is 38.3 Å². The number of piperidine rings is 1. The average molecular weight is 346 g/mol. The highest BCUT2D eigenvalue weighted by molar-refractivity contribution is 5.87. The van der Waals surface area contributed by atoms with Crippen molar-refractivity contribution in [3.05, 3.63) is 29.8 Å². The average Bonchev–Trinajstić information content (AvgIpc) is 2.64. The summed E-state index contributed by atoms with van der Waals surface area (Å²) >= 11 is 0. The van der Waals surface area contributed by atoms with Crippen molar-refractivity contribution in [2.45, 2.75) is 31.8 Å². The number of carbonyl (C=O) groups excluding carboxylic acids is 2. The van der Waals surface area contributed by atoms with Crippen LogP contribution in [0.3, 0.4) is 0 Å². The Kier molecular flexibility index (Phi) is 5.75. The topological polar surface area (TPSA) is 82.7 Å². The van der Waals surface area contributed by atoms with Gasteiger partial charge in [-0.2, -0.15) is 0 Å². The number of ether oxygens (including phenoxy) is 1. The maximum absolute atomic E-state index is 12.1. The van der Waals surface area contributed by atoms with E-state index in [-0.39, 0.29) is 18.0 Å². The zero-order valence-corrected chi connectivity index (χ0v) is 14.6. The highest BCUT2D eigenvalue weighted by Crippen LogP contribution is 2.20. The number of hydrogen-bond acceptors (Lipinski definition) is 4. The van der Waals surface area contributed by atoms with Crippen LogP contribution in [0.25, 0.3) is 0 Å². The number of nitrogens with one attached hydrogen (secondary N) is 3. The van der Waals surface area contributed by atoms with Crippen LogP contribution >= 0.6 is 0 Å². The van der Waals surface area contributed by atoms with Gasteiger partial charge in [-0.3, -0.25) is 4.79 Å². The summed E-state index contributed by atoms with van der Waals surface area (Å²) in [6.07, 6.45) is 1.57. The lowest BCUT2D eigenvalue weighted by molar-refractivity contribution is -0.124. The Labute approximate surface area is 148 Å². The van der Waals surface area contributed by atoms with E-state index in [0.29, 0.717) is 13.0 Å². The van der Waals surface area contributed by atoms with Crippen molar-refractivity contribution in [2.24, 2.45) is 0 Å². The van der Waals surface area contributed by atoms with Crippen molar-refractivity contribution in [3.8, 4) is 0 Å². The van der Waals surface area contributed by atoms with E-state index in [1.165, 1.54) is 5.69 Å². The summed E-state index contributed by atoms with van der Waals surface area (Å²) in [6.45, 7) is 5.94. The van der Waals surface area contributed by atoms with Crippen molar-refractivity contribution < 1.29 is 14.3 Å². The number of amides is 3. The lowest BCUT2D eigenvalue weighted by atomic mass is 10.1. The summed E-state index contributed by atoms with van der Waals surface area (Å²) in [5.74, 6) is -0.107. The van der Waals surface area contributed by atoms with Crippen molar-refractivity contribution in [2.75, 3.05) is 37.7 Å². The quantitative estimate of drug-likeness (QED) is 0.764. The molecule has 25 heavy (non-hydrogen) atoms. The van der Waals surface area contributed by atoms with Crippen molar-refractivity contribution in [3.63, 3.8) is 0 Å². The Hall–Kier alpha value is -2.28. The van der Waals surface area contributed by atoms with Gasteiger partial charge in [-0.15, -0.1) is 0 Å². The Balaban J connectivity index is 1.52. The molecule has 2 heterocycles. The molecule has 136 valence electrons. The normalized spacial score (nSPS) is 22.0. The van der Waals surface area contributed by atoms with Gasteiger partial charge in [0.25, 0.3) is 0 Å². The maximum atomic E-state index is 12.1. The van der Waals surface area contributed by atoms with Gasteiger partial charge in [0, 0.05) is 25.3 Å². The van der Waals surface area contributed by atoms with Crippen molar-refractivity contribution >= 4 is 17.6 Å². The third kappa shape index (κ3) is 4.63. The zero-order chi connectivity index (χ0) is 17.6. The number of anilines is 1. The lowest BCUT2D eigenvalue weighted by Crippen LogP contribution is -2.52. The SMILES string of the molecule is C[C@H](NC(=O)N[C@@H]1CCCNC1=O)c1ccc(N2CCOCC2)cc1. The van der Waals surface area contributed by atoms with E-state index >= 15 is 0 Å². The highest BCUT2D eigenvalue weighted by atomic mass is 16.5. The predicted octanol–water partition coefficient (Wildman–Crippen LogP) is 1.16. The summed E-state index contributed by atoms with van der Waals surface area (Å²) in [4.78, 5) is 26.1. The summed E-state index contributed by atoms with van der Waals surface area (Å²) in [5, 5.41) is 8.41. The van der Waals surface area contributed by atoms with Crippen LogP contribution in [0.15, 0.2) is 24.3 Å². The lowest BCUT2D eigenvalue weighted by Gasteiger charge is -2.29. The van der Waals surface area contributed by atoms with Crippen LogP contribution in [0.4, 0.5) is 10.5 Å². The van der Waals surface area contributed by atoms with Crippen LogP contribution in [0.2, 0.25) is 0 Å². The summed E-state index contributed by atoms with van der Waals surface area (Å²) in [5.41, 5.74) is 2.20. The first-order valence-electron chi connectivity index (χ1n) is 8.91. The summed E-state index contributed by atoms with van der Waals surface area (Å²) in [7, 11) is 0. The number of urea groups is 1. The molecule has 1 aromatic carbocycles. The Morgan fingerprint density at radius 2 is 2.00 bits per heavy atom. The summed E-state index contributed by atoms with van der Waals surface area (Å²) in [6, 6.07) is 7.32. The van der Waals surface area contributed by atoms with Gasteiger partial charge in [-0.25, -0.2) is 4.79 Å². The minimum Gasteiger partial charge on any atom is -0.378 e. The van der Waals surface area contributed by atoms with Gasteiger partial charge >= 0.3 is 6.03 Å². The monoisotopic (exact) mass is 346 g/mol. The number of rotatable bonds is 4. The van der Waals surface area contributed by atoms with Gasteiger partial charge in [-0.05, 0) is 37.5 Å². The van der Waals surface area contributed by atoms with Gasteiger partial charge in [0.2, 0.25) is 5.91 Å². The molecular formula is C18H26N4O3. The van der Waals surface area contributed by atoms with E-state index in [1.54, 1.807) is 0 Å². The third-order valence-corrected chi connectivity index (χ3v) is 4.71. The predicted molar refractivity (Wildman–Crippen MR) is 95.6 cm³/mol. The first-order chi connectivity index (χ1) is 12.1. The number of hydrogen-bond donors (Lipinski definition) is 3. The Morgan fingerprint density at radius 3 is 2.68 bits per heavy atom. The molecule has 0 aromatic heterocycles. The molecule has 0 aliphatic carbocycles. The second-order valence-corrected chi connectivity index (χ2v) is 6.52. The smallest absolute Gasteiger partial charge is 0.315 e. The molecule has 3 N–H and O–H groups in total. The Bertz CT molecular complexity index is 599. The molecule has 0 spiro atoms. The third-order valence-electron chi connectivity index (χ3n) is 4.71. The van der Waals surface area contributed by atoms with Gasteiger partial charge in [-0.1, -0.05) is 12.1 Å². The van der Waals surface area contributed by atoms with Crippen LogP contribution < -0.4 is 20.9 Å². The second kappa shape index (κ2) is 8.20. The van der Waals surface area contributed by atoms with Crippen LogP contribution in [-0.2, 0) is 9.53 Å². The van der Waals surface area contributed by atoms with E-state index in [1.807, 2.05) is 19.1 Å². The number of nitrogens with zero attached hydrogens (tertiary/aromatic N) is 1.